The van der Waals surface area contributed by atoms with E-state index in [0.717, 1.165) is 4.68 Å². The van der Waals surface area contributed by atoms with Gasteiger partial charge in [0.05, 0.1) is 40.6 Å². The van der Waals surface area contributed by atoms with Gasteiger partial charge in [-0.05, 0) is 50.2 Å². The molecule has 2 aromatic heterocycles. The Kier molecular flexibility index (Phi) is 8.02. The second-order valence-corrected chi connectivity index (χ2v) is 10.1. The van der Waals surface area contributed by atoms with Crippen LogP contribution in [0.2, 0.25) is 0 Å². The first-order valence-corrected chi connectivity index (χ1v) is 13.4. The summed E-state index contributed by atoms with van der Waals surface area (Å²) in [5, 5.41) is 17.2. The summed E-state index contributed by atoms with van der Waals surface area (Å²) < 4.78 is 23.5. The van der Waals surface area contributed by atoms with E-state index in [2.05, 4.69) is 26.0 Å². The molecule has 0 saturated carbocycles. The molecule has 42 heavy (non-hydrogen) atoms. The molecule has 2 heterocycles. The van der Waals surface area contributed by atoms with Gasteiger partial charge >= 0.3 is 11.7 Å². The van der Waals surface area contributed by atoms with Gasteiger partial charge in [-0.2, -0.15) is 9.78 Å². The molecule has 0 spiro atoms. The molecule has 0 N–H and O–H groups in total. The van der Waals surface area contributed by atoms with Gasteiger partial charge < -0.3 is 18.6 Å². The highest BCUT2D eigenvalue weighted by atomic mass is 79.9. The number of rotatable bonds is 9. The first-order valence-electron chi connectivity index (χ1n) is 12.6. The molecule has 0 fully saturated rings. The van der Waals surface area contributed by atoms with Crippen LogP contribution in [0, 0.1) is 10.1 Å². The number of aromatic nitrogens is 2. The maximum absolute atomic E-state index is 13.7. The summed E-state index contributed by atoms with van der Waals surface area (Å²) in [4.78, 5) is 41.6. The lowest BCUT2D eigenvalue weighted by Crippen LogP contribution is -2.21. The number of para-hydroxylation sites is 1. The van der Waals surface area contributed by atoms with E-state index in [1.54, 1.807) is 62.4 Å². The Morgan fingerprint density at radius 2 is 1.95 bits per heavy atom. The SMILES string of the molecule is COc1cccc2oc(-c3nc4ccccc4c(=O)n3N=Cc3cc(Br)cc([N+](=O)[O-])c3OCC(=O)OC(C)C)cc12. The summed E-state index contributed by atoms with van der Waals surface area (Å²) in [7, 11) is 1.54. The highest BCUT2D eigenvalue weighted by Gasteiger charge is 2.23. The fourth-order valence-electron chi connectivity index (χ4n) is 4.25. The van der Waals surface area contributed by atoms with Crippen molar-refractivity contribution in [1.82, 2.24) is 9.66 Å². The Balaban J connectivity index is 1.67. The first kappa shape index (κ1) is 28.5. The molecular formula is C29H23BrN4O8. The van der Waals surface area contributed by atoms with Crippen LogP contribution < -0.4 is 15.0 Å². The number of hydrogen-bond donors (Lipinski definition) is 0. The Labute approximate surface area is 246 Å². The van der Waals surface area contributed by atoms with Crippen LogP contribution in [0.25, 0.3) is 33.5 Å². The topological polar surface area (TPSA) is 148 Å². The van der Waals surface area contributed by atoms with Crippen LogP contribution in [0.15, 0.2) is 79.4 Å². The molecule has 0 aliphatic carbocycles. The predicted octanol–water partition coefficient (Wildman–Crippen LogP) is 5.70. The van der Waals surface area contributed by atoms with Crippen LogP contribution in [0.4, 0.5) is 5.69 Å². The summed E-state index contributed by atoms with van der Waals surface area (Å²) in [5.41, 5.74) is 0.116. The Bertz CT molecular complexity index is 1930. The molecular weight excluding hydrogens is 612 g/mol. The number of ether oxygens (including phenoxy) is 3. The number of carbonyl (C=O) groups is 1. The average Bonchev–Trinajstić information content (AvgIpc) is 3.40. The number of furan rings is 1. The van der Waals surface area contributed by atoms with E-state index < -0.39 is 34.9 Å². The number of carbonyl (C=O) groups excluding carboxylic acids is 1. The van der Waals surface area contributed by atoms with Gasteiger partial charge in [0.15, 0.2) is 12.4 Å². The van der Waals surface area contributed by atoms with Crippen molar-refractivity contribution in [2.24, 2.45) is 5.10 Å². The van der Waals surface area contributed by atoms with Crippen molar-refractivity contribution in [3.8, 4) is 23.1 Å². The molecule has 12 nitrogen and oxygen atoms in total. The molecule has 0 radical (unpaired) electrons. The first-order chi connectivity index (χ1) is 20.2. The van der Waals surface area contributed by atoms with Gasteiger partial charge in [0, 0.05) is 16.1 Å². The van der Waals surface area contributed by atoms with E-state index in [1.807, 2.05) is 0 Å². The maximum Gasteiger partial charge on any atom is 0.344 e. The molecule has 0 amide bonds. The van der Waals surface area contributed by atoms with Crippen molar-refractivity contribution in [3.63, 3.8) is 0 Å². The van der Waals surface area contributed by atoms with Gasteiger partial charge in [0.2, 0.25) is 11.6 Å². The van der Waals surface area contributed by atoms with Crippen LogP contribution in [0.1, 0.15) is 19.4 Å². The van der Waals surface area contributed by atoms with Gasteiger partial charge in [-0.1, -0.05) is 34.1 Å². The van der Waals surface area contributed by atoms with E-state index in [0.29, 0.717) is 32.1 Å². The third-order valence-corrected chi connectivity index (χ3v) is 6.45. The summed E-state index contributed by atoms with van der Waals surface area (Å²) in [6.07, 6.45) is 0.816. The standard InChI is InChI=1S/C29H23BrN4O8/c1-16(2)41-26(35)15-40-27-17(11-18(30)12-22(27)34(37)38)14-31-33-28(32-21-8-5-4-7-19(21)29(33)36)25-13-20-23(39-3)9-6-10-24(20)42-25/h4-14,16H,15H2,1-3H3. The minimum atomic E-state index is -0.706. The molecule has 13 heteroatoms. The van der Waals surface area contributed by atoms with Crippen LogP contribution in [-0.4, -0.2) is 46.6 Å². The van der Waals surface area contributed by atoms with Crippen molar-refractivity contribution in [2.45, 2.75) is 20.0 Å². The molecule has 3 aromatic carbocycles. The van der Waals surface area contributed by atoms with E-state index in [1.165, 1.54) is 25.5 Å². The smallest absolute Gasteiger partial charge is 0.344 e. The normalized spacial score (nSPS) is 11.5. The lowest BCUT2D eigenvalue weighted by atomic mass is 10.2. The highest BCUT2D eigenvalue weighted by Crippen LogP contribution is 2.35. The van der Waals surface area contributed by atoms with Crippen LogP contribution in [-0.2, 0) is 9.53 Å². The lowest BCUT2D eigenvalue weighted by molar-refractivity contribution is -0.385. The summed E-state index contributed by atoms with van der Waals surface area (Å²) in [6.45, 7) is 2.76. The molecule has 0 unspecified atom stereocenters. The molecule has 0 saturated heterocycles. The maximum atomic E-state index is 13.7. The zero-order valence-electron chi connectivity index (χ0n) is 22.6. The van der Waals surface area contributed by atoms with Crippen LogP contribution >= 0.6 is 15.9 Å². The molecule has 0 bridgehead atoms. The number of halogens is 1. The highest BCUT2D eigenvalue weighted by molar-refractivity contribution is 9.10. The van der Waals surface area contributed by atoms with E-state index >= 15 is 0 Å². The lowest BCUT2D eigenvalue weighted by Gasteiger charge is -2.12. The number of esters is 1. The molecule has 214 valence electrons. The van der Waals surface area contributed by atoms with Crippen LogP contribution in [0.5, 0.6) is 11.5 Å². The average molecular weight is 635 g/mol. The van der Waals surface area contributed by atoms with Crippen molar-refractivity contribution >= 4 is 55.7 Å². The Hall–Kier alpha value is -5.04. The monoisotopic (exact) mass is 634 g/mol. The second kappa shape index (κ2) is 11.8. The van der Waals surface area contributed by atoms with Gasteiger partial charge in [0.1, 0.15) is 11.3 Å². The van der Waals surface area contributed by atoms with Crippen molar-refractivity contribution in [2.75, 3.05) is 13.7 Å². The van der Waals surface area contributed by atoms with Gasteiger partial charge in [-0.3, -0.25) is 14.9 Å². The molecule has 5 rings (SSSR count). The number of methoxy groups -OCH3 is 1. The minimum Gasteiger partial charge on any atom is -0.496 e. The van der Waals surface area contributed by atoms with Gasteiger partial charge in [-0.15, -0.1) is 0 Å². The van der Waals surface area contributed by atoms with Gasteiger partial charge in [0.25, 0.3) is 5.56 Å². The molecule has 0 atom stereocenters. The largest absolute Gasteiger partial charge is 0.496 e. The fourth-order valence-corrected chi connectivity index (χ4v) is 4.71. The number of nitro benzene ring substituents is 1. The molecule has 0 aliphatic rings. The Morgan fingerprint density at radius 1 is 1.17 bits per heavy atom. The summed E-state index contributed by atoms with van der Waals surface area (Å²) >= 11 is 3.26. The number of fused-ring (bicyclic) bond motifs is 2. The predicted molar refractivity (Wildman–Crippen MR) is 158 cm³/mol. The fraction of sp³-hybridized carbons (Fsp3) is 0.172. The number of benzene rings is 3. The minimum absolute atomic E-state index is 0.0840. The number of hydrogen-bond acceptors (Lipinski definition) is 10. The molecule has 5 aromatic rings. The third kappa shape index (κ3) is 5.72. The Morgan fingerprint density at radius 3 is 2.69 bits per heavy atom. The van der Waals surface area contributed by atoms with Crippen molar-refractivity contribution < 1.29 is 28.3 Å². The number of nitro groups is 1. The number of nitrogens with zero attached hydrogens (tertiary/aromatic N) is 4. The van der Waals surface area contributed by atoms with Gasteiger partial charge in [-0.25, -0.2) is 9.78 Å². The van der Waals surface area contributed by atoms with E-state index in [4.69, 9.17) is 18.6 Å². The quantitative estimate of drug-likeness (QED) is 0.0861. The van der Waals surface area contributed by atoms with Crippen LogP contribution in [0.3, 0.4) is 0 Å². The zero-order chi connectivity index (χ0) is 30.0. The third-order valence-electron chi connectivity index (χ3n) is 5.99. The van der Waals surface area contributed by atoms with E-state index in [9.17, 15) is 19.7 Å². The summed E-state index contributed by atoms with van der Waals surface area (Å²) in [5.74, 6) is -0.0460. The van der Waals surface area contributed by atoms with Crippen molar-refractivity contribution in [1.29, 1.82) is 0 Å². The zero-order valence-corrected chi connectivity index (χ0v) is 24.2. The molecule has 0 aliphatic heterocycles. The summed E-state index contributed by atoms with van der Waals surface area (Å²) in [6, 6.07) is 16.5. The van der Waals surface area contributed by atoms with Crippen molar-refractivity contribution in [3.05, 3.63) is 91.2 Å². The van der Waals surface area contributed by atoms with E-state index in [-0.39, 0.29) is 22.9 Å². The second-order valence-electron chi connectivity index (χ2n) is 9.22.